The smallest absolute Gasteiger partial charge is 0.0773 e. The normalized spacial score (nSPS) is 10.5. The molecule has 0 saturated carbocycles. The molecule has 270 valence electrons. The van der Waals surface area contributed by atoms with Gasteiger partial charge in [-0.3, -0.25) is 9.97 Å². The first kappa shape index (κ1) is 39.3. The Labute approximate surface area is 350 Å². The zero-order chi connectivity index (χ0) is 38.7. The van der Waals surface area contributed by atoms with Gasteiger partial charge in [0.25, 0.3) is 0 Å². The third-order valence-electron chi connectivity index (χ3n) is 9.56. The minimum Gasteiger partial charge on any atom is -0.256 e. The zero-order valence-corrected chi connectivity index (χ0v) is 36.1. The van der Waals surface area contributed by atoms with Crippen LogP contribution >= 0.6 is 17.0 Å². The van der Waals surface area contributed by atoms with E-state index in [2.05, 4.69) is 193 Å². The summed E-state index contributed by atoms with van der Waals surface area (Å²) in [6.07, 6.45) is 3.73. The maximum absolute atomic E-state index is 4.93. The SMILES string of the molecule is C[Si]C.[Cl][Zr+2][Cl].c1ccc(-c2cc3c(-c4cccc5cccnc45)cccc3[cH-]2)cc1.c1ccc(-c2cc3c(-c4cccc5cccnc45)cccc3[cH-]2)cc1. The van der Waals surface area contributed by atoms with Gasteiger partial charge in [-0.05, 0) is 23.3 Å². The van der Waals surface area contributed by atoms with Gasteiger partial charge in [-0.1, -0.05) is 158 Å². The summed E-state index contributed by atoms with van der Waals surface area (Å²) in [6, 6.07) is 64.2. The minimum atomic E-state index is -0.826. The Morgan fingerprint density at radius 2 is 0.804 bits per heavy atom. The van der Waals surface area contributed by atoms with Gasteiger partial charge in [0, 0.05) is 43.8 Å². The molecule has 0 saturated heterocycles. The molecule has 2 aromatic heterocycles. The molecular weight excluding hydrogens is 819 g/mol. The topological polar surface area (TPSA) is 25.8 Å². The van der Waals surface area contributed by atoms with Crippen molar-refractivity contribution in [2.24, 2.45) is 0 Å². The molecule has 2 nitrogen and oxygen atoms in total. The van der Waals surface area contributed by atoms with Crippen LogP contribution in [0.2, 0.25) is 13.1 Å². The van der Waals surface area contributed by atoms with Crippen molar-refractivity contribution in [2.45, 2.75) is 13.1 Å². The molecule has 0 aliphatic rings. The molecule has 2 radical (unpaired) electrons. The van der Waals surface area contributed by atoms with Crippen molar-refractivity contribution >= 4 is 69.9 Å². The van der Waals surface area contributed by atoms with E-state index < -0.39 is 20.8 Å². The Kier molecular flexibility index (Phi) is 13.5. The number of hydrogen-bond acceptors (Lipinski definition) is 2. The Balaban J connectivity index is 0.000000151. The molecule has 0 spiro atoms. The van der Waals surface area contributed by atoms with Gasteiger partial charge >= 0.3 is 37.9 Å². The van der Waals surface area contributed by atoms with Gasteiger partial charge < -0.3 is 0 Å². The first-order chi connectivity index (χ1) is 27.6. The van der Waals surface area contributed by atoms with E-state index in [0.29, 0.717) is 0 Å². The standard InChI is InChI=1S/2C24H16N.C2H6Si.2ClH.Zr/c2*1-2-7-17(8-3-1)20-15-19-10-5-12-21(23(19)16-20)22-13-4-9-18-11-6-14-25-24(18)22;1-3-2;;;/h2*1-16H;1-2H3;2*1H;/q2*-1;;;;+4/p-2. The molecule has 8 aromatic carbocycles. The van der Waals surface area contributed by atoms with Crippen LogP contribution in [-0.4, -0.2) is 19.5 Å². The summed E-state index contributed by atoms with van der Waals surface area (Å²) in [5.74, 6) is 0. The quantitative estimate of drug-likeness (QED) is 0.130. The molecule has 0 aliphatic heterocycles. The van der Waals surface area contributed by atoms with Crippen LogP contribution in [0.1, 0.15) is 0 Å². The second-order valence-corrected chi connectivity index (χ2v) is 17.9. The molecule has 10 aromatic rings. The summed E-state index contributed by atoms with van der Waals surface area (Å²) < 4.78 is 0. The molecule has 0 unspecified atom stereocenters. The van der Waals surface area contributed by atoms with Crippen molar-refractivity contribution in [3.8, 4) is 44.5 Å². The second-order valence-electron chi connectivity index (χ2n) is 13.2. The number of benzene rings is 6. The first-order valence-corrected chi connectivity index (χ1v) is 26.7. The fourth-order valence-electron chi connectivity index (χ4n) is 7.18. The Morgan fingerprint density at radius 1 is 0.446 bits per heavy atom. The van der Waals surface area contributed by atoms with E-state index in [1.54, 1.807) is 0 Å². The van der Waals surface area contributed by atoms with E-state index in [4.69, 9.17) is 17.0 Å². The number of rotatable bonds is 4. The average molecular weight is 857 g/mol. The molecule has 0 bridgehead atoms. The van der Waals surface area contributed by atoms with Gasteiger partial charge in [0.05, 0.1) is 11.0 Å². The average Bonchev–Trinajstić information content (AvgIpc) is 3.91. The fourth-order valence-corrected chi connectivity index (χ4v) is 7.18. The van der Waals surface area contributed by atoms with Crippen molar-refractivity contribution in [1.82, 2.24) is 9.97 Å². The number of hydrogen-bond donors (Lipinski definition) is 0. The van der Waals surface area contributed by atoms with Gasteiger partial charge in [-0.2, -0.15) is 0 Å². The van der Waals surface area contributed by atoms with Crippen LogP contribution in [-0.2, 0) is 20.8 Å². The molecule has 0 amide bonds. The maximum Gasteiger partial charge on any atom is 0.0773 e. The van der Waals surface area contributed by atoms with Crippen molar-refractivity contribution in [1.29, 1.82) is 0 Å². The molecular formula is C50H38Cl2N2SiZr. The summed E-state index contributed by atoms with van der Waals surface area (Å²) in [5.41, 5.74) is 12.0. The van der Waals surface area contributed by atoms with E-state index in [9.17, 15) is 0 Å². The van der Waals surface area contributed by atoms with Crippen LogP contribution in [0.5, 0.6) is 0 Å². The molecule has 0 atom stereocenters. The first-order valence-electron chi connectivity index (χ1n) is 18.4. The summed E-state index contributed by atoms with van der Waals surface area (Å²) in [5, 5.41) is 7.44. The fraction of sp³-hybridized carbons (Fsp3) is 0.0400. The van der Waals surface area contributed by atoms with Crippen molar-refractivity contribution in [2.75, 3.05) is 0 Å². The van der Waals surface area contributed by atoms with E-state index in [1.165, 1.54) is 76.8 Å². The van der Waals surface area contributed by atoms with Gasteiger partial charge in [-0.15, -0.1) is 69.1 Å². The zero-order valence-electron chi connectivity index (χ0n) is 31.1. The summed E-state index contributed by atoms with van der Waals surface area (Å²) in [4.78, 5) is 9.26. The molecule has 10 rings (SSSR count). The number of fused-ring (bicyclic) bond motifs is 4. The molecule has 2 heterocycles. The monoisotopic (exact) mass is 854 g/mol. The van der Waals surface area contributed by atoms with Crippen LogP contribution in [0, 0.1) is 0 Å². The van der Waals surface area contributed by atoms with Crippen LogP contribution < -0.4 is 0 Å². The van der Waals surface area contributed by atoms with Crippen molar-refractivity contribution in [3.05, 3.63) is 194 Å². The predicted molar refractivity (Wildman–Crippen MR) is 241 cm³/mol. The molecule has 0 aliphatic carbocycles. The Bertz CT molecular complexity index is 2610. The van der Waals surface area contributed by atoms with Gasteiger partial charge in [0.1, 0.15) is 0 Å². The number of nitrogens with zero attached hydrogens (tertiary/aromatic N) is 2. The van der Waals surface area contributed by atoms with Crippen molar-refractivity contribution < 1.29 is 20.8 Å². The van der Waals surface area contributed by atoms with Crippen LogP contribution in [0.25, 0.3) is 87.9 Å². The predicted octanol–water partition coefficient (Wildman–Crippen LogP) is 15.0. The van der Waals surface area contributed by atoms with E-state index >= 15 is 0 Å². The number of halogens is 2. The largest absolute Gasteiger partial charge is 0.256 e. The summed E-state index contributed by atoms with van der Waals surface area (Å²) in [7, 11) is 11.0. The molecule has 56 heavy (non-hydrogen) atoms. The van der Waals surface area contributed by atoms with Crippen LogP contribution in [0.4, 0.5) is 0 Å². The van der Waals surface area contributed by atoms with E-state index in [1.807, 2.05) is 24.5 Å². The second kappa shape index (κ2) is 19.3. The van der Waals surface area contributed by atoms with Crippen LogP contribution in [0.3, 0.4) is 0 Å². The maximum atomic E-state index is 4.93. The Morgan fingerprint density at radius 3 is 1.21 bits per heavy atom. The Hall–Kier alpha value is -4.96. The molecule has 0 fully saturated rings. The van der Waals surface area contributed by atoms with Gasteiger partial charge in [-0.25, -0.2) is 0 Å². The number of para-hydroxylation sites is 2. The molecule has 6 heteroatoms. The third kappa shape index (κ3) is 8.86. The van der Waals surface area contributed by atoms with E-state index in [0.717, 1.165) is 20.6 Å². The molecule has 0 N–H and O–H groups in total. The van der Waals surface area contributed by atoms with Crippen molar-refractivity contribution in [3.63, 3.8) is 0 Å². The number of aromatic nitrogens is 2. The number of pyridine rings is 2. The summed E-state index contributed by atoms with van der Waals surface area (Å²) in [6.45, 7) is 4.31. The third-order valence-corrected chi connectivity index (χ3v) is 9.56. The minimum absolute atomic E-state index is 0.826. The van der Waals surface area contributed by atoms with Crippen LogP contribution in [0.15, 0.2) is 194 Å². The van der Waals surface area contributed by atoms with Gasteiger partial charge in [0.2, 0.25) is 0 Å². The van der Waals surface area contributed by atoms with E-state index in [-0.39, 0.29) is 0 Å². The van der Waals surface area contributed by atoms with Gasteiger partial charge in [0.15, 0.2) is 0 Å². The summed E-state index contributed by atoms with van der Waals surface area (Å²) >= 11 is -0.826.